The summed E-state index contributed by atoms with van der Waals surface area (Å²) in [4.78, 5) is 41.1. The van der Waals surface area contributed by atoms with Crippen LogP contribution < -0.4 is 0 Å². The van der Waals surface area contributed by atoms with Crippen LogP contribution in [0.25, 0.3) is 11.1 Å². The average Bonchev–Trinajstić information content (AvgIpc) is 3.21. The summed E-state index contributed by atoms with van der Waals surface area (Å²) in [6, 6.07) is 14.1. The number of hydrogen-bond acceptors (Lipinski definition) is 6. The first-order valence-corrected chi connectivity index (χ1v) is 11.7. The van der Waals surface area contributed by atoms with Crippen LogP contribution in [0.1, 0.15) is 37.3 Å². The van der Waals surface area contributed by atoms with E-state index in [9.17, 15) is 19.5 Å². The fourth-order valence-corrected chi connectivity index (χ4v) is 4.83. The smallest absolute Gasteiger partial charge is 0.414 e. The molecule has 184 valence electrons. The molecule has 2 aromatic rings. The highest BCUT2D eigenvalue weighted by atomic mass is 16.6. The number of rotatable bonds is 7. The Labute approximate surface area is 204 Å². The van der Waals surface area contributed by atoms with Crippen LogP contribution in [-0.2, 0) is 19.1 Å². The summed E-state index contributed by atoms with van der Waals surface area (Å²) in [5.74, 6) is -1.53. The van der Waals surface area contributed by atoms with Gasteiger partial charge in [0.05, 0.1) is 13.7 Å². The topological polar surface area (TPSA) is 96.4 Å². The molecule has 2 aromatic carbocycles. The number of hydrogen-bond donors (Lipinski definition) is 1. The van der Waals surface area contributed by atoms with Gasteiger partial charge in [-0.25, -0.2) is 9.59 Å². The molecule has 1 unspecified atom stereocenters. The van der Waals surface area contributed by atoms with Crippen molar-refractivity contribution in [2.75, 3.05) is 20.3 Å². The molecule has 3 atom stereocenters. The largest absolute Gasteiger partial charge is 0.467 e. The Kier molecular flexibility index (Phi) is 7.21. The number of aliphatic hydroxyl groups is 1. The predicted octanol–water partition coefficient (Wildman–Crippen LogP) is 3.50. The molecular formula is C27H30N2O6. The lowest BCUT2D eigenvalue weighted by molar-refractivity contribution is -0.155. The van der Waals surface area contributed by atoms with Crippen LogP contribution in [0.5, 0.6) is 0 Å². The number of methoxy groups -OCH3 is 1. The zero-order valence-electron chi connectivity index (χ0n) is 20.1. The van der Waals surface area contributed by atoms with E-state index in [-0.39, 0.29) is 18.4 Å². The molecule has 0 fully saturated rings. The van der Waals surface area contributed by atoms with Gasteiger partial charge in [0.25, 0.3) is 5.91 Å². The molecule has 2 aliphatic rings. The van der Waals surface area contributed by atoms with Crippen molar-refractivity contribution >= 4 is 18.0 Å². The third-order valence-electron chi connectivity index (χ3n) is 6.91. The van der Waals surface area contributed by atoms with Crippen molar-refractivity contribution in [2.24, 2.45) is 5.92 Å². The molecule has 0 spiro atoms. The Hall–Kier alpha value is -3.65. The SMILES string of the molecule is CCC(C)[C@H]1C(=O)N([C@H](CO)C(=O)OC)C=CN1C(=O)OCC1c2ccccc2-c2ccccc21. The second-order valence-electron chi connectivity index (χ2n) is 8.81. The van der Waals surface area contributed by atoms with Gasteiger partial charge in [-0.05, 0) is 28.2 Å². The Morgan fingerprint density at radius 2 is 1.63 bits per heavy atom. The summed E-state index contributed by atoms with van der Waals surface area (Å²) >= 11 is 0. The number of benzene rings is 2. The molecule has 0 bridgehead atoms. The van der Waals surface area contributed by atoms with Crippen molar-refractivity contribution in [3.8, 4) is 11.1 Å². The van der Waals surface area contributed by atoms with E-state index >= 15 is 0 Å². The van der Waals surface area contributed by atoms with Crippen LogP contribution in [0.15, 0.2) is 60.9 Å². The van der Waals surface area contributed by atoms with Gasteiger partial charge in [-0.1, -0.05) is 68.8 Å². The standard InChI is InChI=1S/C27H30N2O6/c1-4-17(2)24-25(31)28(23(15-30)26(32)34-3)13-14-29(24)27(33)35-16-22-20-11-7-5-9-18(20)19-10-6-8-12-21(19)22/h5-14,17,22-24,30H,4,15-16H2,1-3H3/t17?,23-,24+/m1/s1. The number of ether oxygens (including phenoxy) is 2. The van der Waals surface area contributed by atoms with Gasteiger partial charge in [0.1, 0.15) is 12.6 Å². The van der Waals surface area contributed by atoms with Crippen molar-refractivity contribution in [3.63, 3.8) is 0 Å². The molecule has 1 aliphatic carbocycles. The summed E-state index contributed by atoms with van der Waals surface area (Å²) in [5.41, 5.74) is 4.45. The van der Waals surface area contributed by atoms with E-state index in [0.29, 0.717) is 6.42 Å². The van der Waals surface area contributed by atoms with Gasteiger partial charge in [-0.3, -0.25) is 14.6 Å². The summed E-state index contributed by atoms with van der Waals surface area (Å²) < 4.78 is 10.5. The maximum absolute atomic E-state index is 13.4. The summed E-state index contributed by atoms with van der Waals surface area (Å²) in [6.07, 6.45) is 2.73. The molecule has 1 heterocycles. The number of aliphatic hydroxyl groups excluding tert-OH is 1. The van der Waals surface area contributed by atoms with Crippen LogP contribution in [0.4, 0.5) is 4.79 Å². The van der Waals surface area contributed by atoms with Gasteiger partial charge in [0.2, 0.25) is 0 Å². The second kappa shape index (κ2) is 10.3. The highest BCUT2D eigenvalue weighted by molar-refractivity contribution is 5.92. The Morgan fingerprint density at radius 1 is 1.03 bits per heavy atom. The molecule has 0 aromatic heterocycles. The number of esters is 1. The number of fused-ring (bicyclic) bond motifs is 3. The third-order valence-corrected chi connectivity index (χ3v) is 6.91. The zero-order valence-corrected chi connectivity index (χ0v) is 20.1. The normalized spacial score (nSPS) is 18.6. The molecule has 1 N–H and O–H groups in total. The summed E-state index contributed by atoms with van der Waals surface area (Å²) in [6.45, 7) is 3.31. The number of carbonyl (C=O) groups excluding carboxylic acids is 3. The first kappa shape index (κ1) is 24.5. The highest BCUT2D eigenvalue weighted by Crippen LogP contribution is 2.44. The van der Waals surface area contributed by atoms with Gasteiger partial charge in [0, 0.05) is 18.3 Å². The van der Waals surface area contributed by atoms with Gasteiger partial charge in [0.15, 0.2) is 6.04 Å². The molecule has 0 saturated carbocycles. The molecule has 0 radical (unpaired) electrons. The first-order chi connectivity index (χ1) is 16.9. The van der Waals surface area contributed by atoms with Crippen LogP contribution in [0.2, 0.25) is 0 Å². The Morgan fingerprint density at radius 3 is 2.17 bits per heavy atom. The van der Waals surface area contributed by atoms with E-state index < -0.39 is 36.7 Å². The van der Waals surface area contributed by atoms with Crippen LogP contribution in [0, 0.1) is 5.92 Å². The Balaban J connectivity index is 1.56. The van der Waals surface area contributed by atoms with Gasteiger partial charge >= 0.3 is 12.1 Å². The lowest BCUT2D eigenvalue weighted by atomic mass is 9.95. The molecule has 35 heavy (non-hydrogen) atoms. The van der Waals surface area contributed by atoms with Crippen molar-refractivity contribution in [2.45, 2.75) is 38.3 Å². The second-order valence-corrected chi connectivity index (χ2v) is 8.81. The summed E-state index contributed by atoms with van der Waals surface area (Å²) in [7, 11) is 1.19. The maximum Gasteiger partial charge on any atom is 0.414 e. The fourth-order valence-electron chi connectivity index (χ4n) is 4.83. The number of carbonyl (C=O) groups is 3. The average molecular weight is 479 g/mol. The minimum absolute atomic E-state index is 0.104. The van der Waals surface area contributed by atoms with Crippen molar-refractivity contribution in [3.05, 3.63) is 72.1 Å². The lowest BCUT2D eigenvalue weighted by Gasteiger charge is -2.39. The van der Waals surface area contributed by atoms with Gasteiger partial charge < -0.3 is 14.6 Å². The van der Waals surface area contributed by atoms with Gasteiger partial charge in [-0.15, -0.1) is 0 Å². The minimum atomic E-state index is -1.18. The molecule has 2 amide bonds. The molecule has 4 rings (SSSR count). The first-order valence-electron chi connectivity index (χ1n) is 11.7. The molecule has 8 nitrogen and oxygen atoms in total. The van der Waals surface area contributed by atoms with Gasteiger partial charge in [-0.2, -0.15) is 0 Å². The van der Waals surface area contributed by atoms with Crippen LogP contribution in [0.3, 0.4) is 0 Å². The highest BCUT2D eigenvalue weighted by Gasteiger charge is 2.43. The number of amides is 2. The van der Waals surface area contributed by atoms with E-state index in [0.717, 1.165) is 27.2 Å². The van der Waals surface area contributed by atoms with Crippen LogP contribution in [-0.4, -0.2) is 65.3 Å². The van der Waals surface area contributed by atoms with E-state index in [1.807, 2.05) is 50.2 Å². The van der Waals surface area contributed by atoms with E-state index in [4.69, 9.17) is 9.47 Å². The Bertz CT molecular complexity index is 1100. The third kappa shape index (κ3) is 4.41. The zero-order chi connectivity index (χ0) is 25.1. The van der Waals surface area contributed by atoms with E-state index in [1.54, 1.807) is 0 Å². The molecule has 1 aliphatic heterocycles. The quantitative estimate of drug-likeness (QED) is 0.612. The fraction of sp³-hybridized carbons (Fsp3) is 0.370. The molecular weight excluding hydrogens is 448 g/mol. The van der Waals surface area contributed by atoms with Crippen molar-refractivity contribution < 1.29 is 29.0 Å². The van der Waals surface area contributed by atoms with Crippen molar-refractivity contribution in [1.29, 1.82) is 0 Å². The molecule has 8 heteroatoms. The van der Waals surface area contributed by atoms with Crippen LogP contribution >= 0.6 is 0 Å². The predicted molar refractivity (Wildman–Crippen MR) is 129 cm³/mol. The minimum Gasteiger partial charge on any atom is -0.467 e. The number of nitrogens with zero attached hydrogens (tertiary/aromatic N) is 2. The maximum atomic E-state index is 13.4. The lowest BCUT2D eigenvalue weighted by Crippen LogP contribution is -2.58. The van der Waals surface area contributed by atoms with E-state index in [2.05, 4.69) is 12.1 Å². The molecule has 0 saturated heterocycles. The monoisotopic (exact) mass is 478 g/mol. The summed E-state index contributed by atoms with van der Waals surface area (Å²) in [5, 5.41) is 9.69. The van der Waals surface area contributed by atoms with E-state index in [1.165, 1.54) is 24.4 Å². The van der Waals surface area contributed by atoms with Crippen molar-refractivity contribution in [1.82, 2.24) is 9.80 Å².